The Morgan fingerprint density at radius 2 is 2.17 bits per heavy atom. The minimum Gasteiger partial charge on any atom is -0.480 e. The van der Waals surface area contributed by atoms with Gasteiger partial charge in [-0.3, -0.25) is 10.1 Å². The van der Waals surface area contributed by atoms with Gasteiger partial charge >= 0.3 is 5.97 Å². The molecule has 0 aliphatic heterocycles. The van der Waals surface area contributed by atoms with Gasteiger partial charge in [0.1, 0.15) is 5.54 Å². The van der Waals surface area contributed by atoms with Crippen LogP contribution in [0.3, 0.4) is 0 Å². The maximum atomic E-state index is 11.0. The minimum atomic E-state index is -0.659. The summed E-state index contributed by atoms with van der Waals surface area (Å²) in [5, 5.41) is 12.3. The van der Waals surface area contributed by atoms with Gasteiger partial charge in [-0.05, 0) is 31.6 Å². The van der Waals surface area contributed by atoms with Gasteiger partial charge in [0.05, 0.1) is 0 Å². The summed E-state index contributed by atoms with van der Waals surface area (Å²) in [6, 6.07) is 0.490. The van der Waals surface area contributed by atoms with Crippen molar-refractivity contribution in [3.63, 3.8) is 0 Å². The smallest absolute Gasteiger partial charge is 0.324 e. The van der Waals surface area contributed by atoms with Crippen LogP contribution >= 0.6 is 0 Å². The van der Waals surface area contributed by atoms with Crippen LogP contribution in [0.4, 0.5) is 0 Å². The Morgan fingerprint density at radius 3 is 2.42 bits per heavy atom. The average Bonchev–Trinajstić information content (AvgIpc) is 2.79. The lowest BCUT2D eigenvalue weighted by molar-refractivity contribution is -0.152. The van der Waals surface area contributed by atoms with E-state index in [1.807, 2.05) is 6.92 Å². The summed E-state index contributed by atoms with van der Waals surface area (Å²) in [7, 11) is 0. The van der Waals surface area contributed by atoms with E-state index >= 15 is 0 Å². The van der Waals surface area contributed by atoms with Crippen molar-refractivity contribution in [1.29, 1.82) is 0 Å². The van der Waals surface area contributed by atoms with Crippen LogP contribution in [-0.2, 0) is 4.79 Å². The van der Waals surface area contributed by atoms with Crippen molar-refractivity contribution < 1.29 is 9.90 Å². The molecule has 12 heavy (non-hydrogen) atoms. The predicted molar refractivity (Wildman–Crippen MR) is 44.9 cm³/mol. The van der Waals surface area contributed by atoms with Crippen LogP contribution in [0.25, 0.3) is 0 Å². The zero-order valence-electron chi connectivity index (χ0n) is 7.34. The molecule has 0 bridgehead atoms. The van der Waals surface area contributed by atoms with E-state index in [9.17, 15) is 4.79 Å². The second-order valence-corrected chi connectivity index (χ2v) is 4.13. The van der Waals surface area contributed by atoms with Crippen molar-refractivity contribution in [2.45, 2.75) is 44.2 Å². The number of carboxylic acid groups (broad SMARTS) is 1. The first-order chi connectivity index (χ1) is 5.65. The highest BCUT2D eigenvalue weighted by molar-refractivity contribution is 5.80. The fourth-order valence-corrected chi connectivity index (χ4v) is 1.91. The van der Waals surface area contributed by atoms with E-state index in [0.717, 1.165) is 25.7 Å². The fraction of sp³-hybridized carbons (Fsp3) is 0.889. The molecule has 2 unspecified atom stereocenters. The third-order valence-electron chi connectivity index (χ3n) is 3.23. The summed E-state index contributed by atoms with van der Waals surface area (Å²) in [4.78, 5) is 11.0. The van der Waals surface area contributed by atoms with E-state index in [-0.39, 0.29) is 0 Å². The van der Waals surface area contributed by atoms with Crippen molar-refractivity contribution in [2.75, 3.05) is 0 Å². The van der Waals surface area contributed by atoms with E-state index in [2.05, 4.69) is 5.32 Å². The highest BCUT2D eigenvalue weighted by Crippen LogP contribution is 2.40. The van der Waals surface area contributed by atoms with Gasteiger partial charge in [0.15, 0.2) is 0 Å². The molecule has 0 radical (unpaired) electrons. The van der Waals surface area contributed by atoms with Crippen molar-refractivity contribution in [1.82, 2.24) is 5.32 Å². The highest BCUT2D eigenvalue weighted by Gasteiger charge is 2.52. The molecule has 2 atom stereocenters. The quantitative estimate of drug-likeness (QED) is 0.662. The fourth-order valence-electron chi connectivity index (χ4n) is 1.91. The molecule has 68 valence electrons. The summed E-state index contributed by atoms with van der Waals surface area (Å²) in [5.74, 6) is -0.358. The molecule has 2 rings (SSSR count). The molecule has 0 aromatic heterocycles. The Labute approximate surface area is 72.2 Å². The van der Waals surface area contributed by atoms with Crippen LogP contribution < -0.4 is 5.32 Å². The largest absolute Gasteiger partial charge is 0.480 e. The zero-order chi connectivity index (χ0) is 8.77. The van der Waals surface area contributed by atoms with E-state index in [0.29, 0.717) is 12.0 Å². The molecular formula is C9H15NO2. The summed E-state index contributed by atoms with van der Waals surface area (Å²) in [6.45, 7) is 2.02. The van der Waals surface area contributed by atoms with Gasteiger partial charge in [-0.25, -0.2) is 0 Å². The van der Waals surface area contributed by atoms with Gasteiger partial charge in [0, 0.05) is 6.04 Å². The lowest BCUT2D eigenvalue weighted by Gasteiger charge is -2.45. The van der Waals surface area contributed by atoms with Crippen LogP contribution in [0.2, 0.25) is 0 Å². The zero-order valence-corrected chi connectivity index (χ0v) is 7.34. The van der Waals surface area contributed by atoms with Gasteiger partial charge in [-0.15, -0.1) is 0 Å². The first-order valence-corrected chi connectivity index (χ1v) is 4.66. The Hall–Kier alpha value is -0.570. The maximum absolute atomic E-state index is 11.0. The van der Waals surface area contributed by atoms with Crippen LogP contribution in [-0.4, -0.2) is 22.7 Å². The lowest BCUT2D eigenvalue weighted by Crippen LogP contribution is -2.63. The molecule has 2 N–H and O–H groups in total. The Balaban J connectivity index is 2.05. The van der Waals surface area contributed by atoms with Crippen molar-refractivity contribution in [3.8, 4) is 0 Å². The first-order valence-electron chi connectivity index (χ1n) is 4.66. The molecule has 0 aromatic carbocycles. The summed E-state index contributed by atoms with van der Waals surface area (Å²) >= 11 is 0. The number of aliphatic carboxylic acids is 1. The SMILES string of the molecule is CC1CCC1(NC1CC1)C(=O)O. The van der Waals surface area contributed by atoms with Crippen LogP contribution in [0.5, 0.6) is 0 Å². The van der Waals surface area contributed by atoms with Gasteiger partial charge in [0.2, 0.25) is 0 Å². The third kappa shape index (κ3) is 1.04. The number of rotatable bonds is 3. The average molecular weight is 169 g/mol. The lowest BCUT2D eigenvalue weighted by atomic mass is 9.67. The summed E-state index contributed by atoms with van der Waals surface area (Å²) in [6.07, 6.45) is 4.16. The first kappa shape index (κ1) is 8.05. The molecule has 2 fully saturated rings. The highest BCUT2D eigenvalue weighted by atomic mass is 16.4. The van der Waals surface area contributed by atoms with E-state index in [1.165, 1.54) is 0 Å². The third-order valence-corrected chi connectivity index (χ3v) is 3.23. The Bertz CT molecular complexity index is 213. The molecule has 0 heterocycles. The molecule has 3 nitrogen and oxygen atoms in total. The number of hydrogen-bond donors (Lipinski definition) is 2. The van der Waals surface area contributed by atoms with E-state index in [4.69, 9.17) is 5.11 Å². The minimum absolute atomic E-state index is 0.301. The molecule has 0 spiro atoms. The Kier molecular flexibility index (Phi) is 1.65. The van der Waals surface area contributed by atoms with Gasteiger partial charge in [0.25, 0.3) is 0 Å². The molecule has 2 aliphatic carbocycles. The normalized spacial score (nSPS) is 40.6. The van der Waals surface area contributed by atoms with E-state index in [1.54, 1.807) is 0 Å². The standard InChI is InChI=1S/C9H15NO2/c1-6-4-5-9(6,8(11)12)10-7-2-3-7/h6-7,10H,2-5H2,1H3,(H,11,12). The van der Waals surface area contributed by atoms with Gasteiger partial charge < -0.3 is 5.11 Å². The topological polar surface area (TPSA) is 49.3 Å². The monoisotopic (exact) mass is 169 g/mol. The molecule has 0 saturated heterocycles. The molecular weight excluding hydrogens is 154 g/mol. The molecule has 2 aliphatic rings. The van der Waals surface area contributed by atoms with E-state index < -0.39 is 11.5 Å². The number of hydrogen-bond acceptors (Lipinski definition) is 2. The molecule has 3 heteroatoms. The van der Waals surface area contributed by atoms with Crippen LogP contribution in [0, 0.1) is 5.92 Å². The number of carboxylic acids is 1. The molecule has 0 amide bonds. The number of carbonyl (C=O) groups is 1. The van der Waals surface area contributed by atoms with Crippen molar-refractivity contribution >= 4 is 5.97 Å². The van der Waals surface area contributed by atoms with Crippen molar-refractivity contribution in [2.24, 2.45) is 5.92 Å². The summed E-state index contributed by atoms with van der Waals surface area (Å²) < 4.78 is 0. The van der Waals surface area contributed by atoms with Gasteiger partial charge in [-0.1, -0.05) is 6.92 Å². The molecule has 2 saturated carbocycles. The maximum Gasteiger partial charge on any atom is 0.324 e. The Morgan fingerprint density at radius 1 is 1.50 bits per heavy atom. The van der Waals surface area contributed by atoms with Crippen LogP contribution in [0.15, 0.2) is 0 Å². The summed E-state index contributed by atoms with van der Waals surface area (Å²) in [5.41, 5.74) is -0.568. The predicted octanol–water partition coefficient (Wildman–Crippen LogP) is 0.992. The van der Waals surface area contributed by atoms with Crippen molar-refractivity contribution in [3.05, 3.63) is 0 Å². The second kappa shape index (κ2) is 2.46. The number of nitrogens with one attached hydrogen (secondary N) is 1. The second-order valence-electron chi connectivity index (χ2n) is 4.13. The van der Waals surface area contributed by atoms with Gasteiger partial charge in [-0.2, -0.15) is 0 Å². The molecule has 0 aromatic rings. The van der Waals surface area contributed by atoms with Crippen LogP contribution in [0.1, 0.15) is 32.6 Å².